The van der Waals surface area contributed by atoms with Crippen molar-refractivity contribution in [2.45, 2.75) is 6.42 Å². The molecule has 5 nitrogen and oxygen atoms in total. The van der Waals surface area contributed by atoms with Crippen molar-refractivity contribution in [3.8, 4) is 17.6 Å². The first kappa shape index (κ1) is 17.5. The van der Waals surface area contributed by atoms with Gasteiger partial charge in [-0.05, 0) is 18.2 Å². The Bertz CT molecular complexity index is 447. The van der Waals surface area contributed by atoms with Gasteiger partial charge in [0.05, 0.1) is 19.8 Å². The molecule has 0 saturated carbocycles. The Morgan fingerprint density at radius 3 is 2.43 bits per heavy atom. The second-order valence-corrected chi connectivity index (χ2v) is 4.44. The standard InChI is InChI=1S/C16H23NO4/c18-10-2-1-4-15-5-3-6-16(14-15)21-13-9-17(7-11-19)8-12-20/h3,5-6,14,18-20H,2,7-13H2. The first-order chi connectivity index (χ1) is 10.3. The minimum absolute atomic E-state index is 0.0642. The molecule has 116 valence electrons. The van der Waals surface area contributed by atoms with Crippen LogP contribution in [0.1, 0.15) is 12.0 Å². The molecule has 3 N–H and O–H groups in total. The van der Waals surface area contributed by atoms with E-state index < -0.39 is 0 Å². The van der Waals surface area contributed by atoms with Crippen molar-refractivity contribution in [1.82, 2.24) is 4.90 Å². The molecule has 0 atom stereocenters. The van der Waals surface area contributed by atoms with E-state index in [0.29, 0.717) is 32.7 Å². The Morgan fingerprint density at radius 1 is 1.00 bits per heavy atom. The van der Waals surface area contributed by atoms with Crippen LogP contribution in [-0.2, 0) is 0 Å². The zero-order valence-electron chi connectivity index (χ0n) is 12.2. The van der Waals surface area contributed by atoms with Gasteiger partial charge in [0.25, 0.3) is 0 Å². The van der Waals surface area contributed by atoms with Crippen molar-refractivity contribution in [3.63, 3.8) is 0 Å². The van der Waals surface area contributed by atoms with Crippen LogP contribution in [0.4, 0.5) is 0 Å². The Hall–Kier alpha value is -1.58. The molecular formula is C16H23NO4. The molecule has 0 heterocycles. The first-order valence-electron chi connectivity index (χ1n) is 7.07. The highest BCUT2D eigenvalue weighted by Gasteiger charge is 2.03. The summed E-state index contributed by atoms with van der Waals surface area (Å²) in [6.07, 6.45) is 0.461. The fourth-order valence-corrected chi connectivity index (χ4v) is 1.79. The highest BCUT2D eigenvalue weighted by Crippen LogP contribution is 2.12. The van der Waals surface area contributed by atoms with Crippen molar-refractivity contribution in [1.29, 1.82) is 0 Å². The highest BCUT2D eigenvalue weighted by molar-refractivity contribution is 5.39. The SMILES string of the molecule is OCCC#Cc1cccc(OCCN(CCO)CCO)c1. The second-order valence-electron chi connectivity index (χ2n) is 4.44. The van der Waals surface area contributed by atoms with E-state index in [9.17, 15) is 0 Å². The van der Waals surface area contributed by atoms with E-state index in [1.807, 2.05) is 29.2 Å². The van der Waals surface area contributed by atoms with Gasteiger partial charge in [-0.1, -0.05) is 17.9 Å². The molecule has 0 aliphatic rings. The number of benzene rings is 1. The molecule has 21 heavy (non-hydrogen) atoms. The second kappa shape index (κ2) is 11.1. The average molecular weight is 293 g/mol. The van der Waals surface area contributed by atoms with E-state index in [2.05, 4.69) is 11.8 Å². The molecule has 0 aliphatic heterocycles. The van der Waals surface area contributed by atoms with Gasteiger partial charge in [-0.2, -0.15) is 0 Å². The average Bonchev–Trinajstić information content (AvgIpc) is 2.48. The molecule has 0 spiro atoms. The van der Waals surface area contributed by atoms with Gasteiger partial charge >= 0.3 is 0 Å². The zero-order valence-corrected chi connectivity index (χ0v) is 12.2. The normalized spacial score (nSPS) is 10.3. The van der Waals surface area contributed by atoms with Gasteiger partial charge in [-0.15, -0.1) is 0 Å². The minimum Gasteiger partial charge on any atom is -0.492 e. The van der Waals surface area contributed by atoms with Crippen LogP contribution in [0.3, 0.4) is 0 Å². The smallest absolute Gasteiger partial charge is 0.120 e. The molecule has 1 aromatic carbocycles. The molecule has 0 aliphatic carbocycles. The maximum atomic E-state index is 8.92. The van der Waals surface area contributed by atoms with E-state index in [0.717, 1.165) is 11.3 Å². The molecule has 1 rings (SSSR count). The summed E-state index contributed by atoms with van der Waals surface area (Å²) < 4.78 is 5.65. The van der Waals surface area contributed by atoms with Crippen LogP contribution < -0.4 is 4.74 Å². The number of aliphatic hydroxyl groups excluding tert-OH is 3. The van der Waals surface area contributed by atoms with E-state index in [1.165, 1.54) is 0 Å². The van der Waals surface area contributed by atoms with Gasteiger partial charge in [0.1, 0.15) is 12.4 Å². The molecular weight excluding hydrogens is 270 g/mol. The molecule has 0 unspecified atom stereocenters. The van der Waals surface area contributed by atoms with Crippen LogP contribution in [0, 0.1) is 11.8 Å². The van der Waals surface area contributed by atoms with Gasteiger partial charge in [0.2, 0.25) is 0 Å². The number of rotatable bonds is 9. The van der Waals surface area contributed by atoms with Crippen LogP contribution in [0.5, 0.6) is 5.75 Å². The summed E-state index contributed by atoms with van der Waals surface area (Å²) in [5, 5.41) is 26.5. The lowest BCUT2D eigenvalue weighted by Gasteiger charge is -2.20. The predicted octanol–water partition coefficient (Wildman–Crippen LogP) is 0.0859. The highest BCUT2D eigenvalue weighted by atomic mass is 16.5. The largest absolute Gasteiger partial charge is 0.492 e. The maximum absolute atomic E-state index is 8.92. The Kier molecular flexibility index (Phi) is 9.25. The molecule has 0 radical (unpaired) electrons. The van der Waals surface area contributed by atoms with E-state index in [4.69, 9.17) is 20.1 Å². The van der Waals surface area contributed by atoms with E-state index in [1.54, 1.807) is 0 Å². The zero-order chi connectivity index (χ0) is 15.3. The molecule has 1 aromatic rings. The number of aliphatic hydroxyl groups is 3. The summed E-state index contributed by atoms with van der Waals surface area (Å²) in [6, 6.07) is 7.48. The summed E-state index contributed by atoms with van der Waals surface area (Å²) in [7, 11) is 0. The predicted molar refractivity (Wildman–Crippen MR) is 81.1 cm³/mol. The number of nitrogens with zero attached hydrogens (tertiary/aromatic N) is 1. The van der Waals surface area contributed by atoms with Crippen LogP contribution >= 0.6 is 0 Å². The van der Waals surface area contributed by atoms with Crippen molar-refractivity contribution in [2.75, 3.05) is 46.1 Å². The van der Waals surface area contributed by atoms with Crippen LogP contribution in [0.25, 0.3) is 0 Å². The minimum atomic E-state index is 0.0642. The van der Waals surface area contributed by atoms with Crippen molar-refractivity contribution in [2.24, 2.45) is 0 Å². The lowest BCUT2D eigenvalue weighted by molar-refractivity contribution is 0.141. The molecule has 5 heteroatoms. The van der Waals surface area contributed by atoms with Crippen LogP contribution in [-0.4, -0.2) is 66.3 Å². The van der Waals surface area contributed by atoms with Crippen molar-refractivity contribution >= 4 is 0 Å². The van der Waals surface area contributed by atoms with Crippen LogP contribution in [0.2, 0.25) is 0 Å². The summed E-state index contributed by atoms with van der Waals surface area (Å²) in [5.41, 5.74) is 0.850. The lowest BCUT2D eigenvalue weighted by Crippen LogP contribution is -2.33. The summed E-state index contributed by atoms with van der Waals surface area (Å²) in [6.45, 7) is 2.36. The third-order valence-electron chi connectivity index (χ3n) is 2.81. The van der Waals surface area contributed by atoms with Gasteiger partial charge in [-0.25, -0.2) is 0 Å². The van der Waals surface area contributed by atoms with E-state index in [-0.39, 0.29) is 19.8 Å². The Labute approximate surface area is 125 Å². The van der Waals surface area contributed by atoms with Gasteiger partial charge < -0.3 is 20.1 Å². The molecule has 0 saturated heterocycles. The maximum Gasteiger partial charge on any atom is 0.120 e. The van der Waals surface area contributed by atoms with Crippen molar-refractivity contribution in [3.05, 3.63) is 29.8 Å². The van der Waals surface area contributed by atoms with Gasteiger partial charge in [-0.3, -0.25) is 4.90 Å². The Balaban J connectivity index is 2.44. The molecule has 0 aromatic heterocycles. The number of ether oxygens (including phenoxy) is 1. The molecule has 0 amide bonds. The van der Waals surface area contributed by atoms with E-state index >= 15 is 0 Å². The molecule has 0 bridgehead atoms. The summed E-state index contributed by atoms with van der Waals surface area (Å²) in [5.74, 6) is 6.56. The lowest BCUT2D eigenvalue weighted by atomic mass is 10.2. The van der Waals surface area contributed by atoms with Crippen molar-refractivity contribution < 1.29 is 20.1 Å². The quantitative estimate of drug-likeness (QED) is 0.563. The summed E-state index contributed by atoms with van der Waals surface area (Å²) >= 11 is 0. The molecule has 0 fully saturated rings. The fourth-order valence-electron chi connectivity index (χ4n) is 1.79. The fraction of sp³-hybridized carbons (Fsp3) is 0.500. The topological polar surface area (TPSA) is 73.2 Å². The van der Waals surface area contributed by atoms with Gasteiger partial charge in [0, 0.05) is 31.6 Å². The third kappa shape index (κ3) is 7.69. The number of hydrogen-bond donors (Lipinski definition) is 3. The number of hydrogen-bond acceptors (Lipinski definition) is 5. The monoisotopic (exact) mass is 293 g/mol. The summed E-state index contributed by atoms with van der Waals surface area (Å²) in [4.78, 5) is 1.94. The van der Waals surface area contributed by atoms with Gasteiger partial charge in [0.15, 0.2) is 0 Å². The first-order valence-corrected chi connectivity index (χ1v) is 7.07. The Morgan fingerprint density at radius 2 is 1.76 bits per heavy atom. The van der Waals surface area contributed by atoms with Crippen LogP contribution in [0.15, 0.2) is 24.3 Å². The third-order valence-corrected chi connectivity index (χ3v) is 2.81.